The van der Waals surface area contributed by atoms with E-state index in [0.717, 1.165) is 27.8 Å². The average molecular weight is 397 g/mol. The van der Waals surface area contributed by atoms with Crippen LogP contribution in [0.4, 0.5) is 4.39 Å². The van der Waals surface area contributed by atoms with Gasteiger partial charge in [0.25, 0.3) is 0 Å². The maximum absolute atomic E-state index is 13.3. The molecule has 2 heterocycles. The van der Waals surface area contributed by atoms with Gasteiger partial charge in [-0.1, -0.05) is 47.6 Å². The second-order valence-corrected chi connectivity index (χ2v) is 7.09. The minimum atomic E-state index is -0.346. The predicted molar refractivity (Wildman–Crippen MR) is 106 cm³/mol. The number of hydrogen-bond donors (Lipinski definition) is 0. The third kappa shape index (κ3) is 3.86. The van der Waals surface area contributed by atoms with E-state index in [0.29, 0.717) is 10.8 Å². The van der Waals surface area contributed by atoms with E-state index >= 15 is 0 Å². The first-order valence-electron chi connectivity index (χ1n) is 8.20. The second-order valence-electron chi connectivity index (χ2n) is 5.74. The predicted octanol–water partition coefficient (Wildman–Crippen LogP) is 5.41. The lowest BCUT2D eigenvalue weighted by Crippen LogP contribution is -1.99. The summed E-state index contributed by atoms with van der Waals surface area (Å²) in [6.45, 7) is 0. The lowest BCUT2D eigenvalue weighted by molar-refractivity contribution is 0.627. The van der Waals surface area contributed by atoms with Gasteiger partial charge < -0.3 is 0 Å². The van der Waals surface area contributed by atoms with Crippen LogP contribution < -0.4 is 0 Å². The number of halogens is 2. The summed E-state index contributed by atoms with van der Waals surface area (Å²) < 4.78 is 15.3. The fourth-order valence-corrected chi connectivity index (χ4v) is 3.91. The Morgan fingerprint density at radius 2 is 1.74 bits per heavy atom. The molecular weight excluding hydrogens is 383 g/mol. The molecule has 0 unspecified atom stereocenters. The Hall–Kier alpha value is -2.70. The van der Waals surface area contributed by atoms with Gasteiger partial charge in [-0.25, -0.2) is 4.39 Å². The molecule has 4 aromatic rings. The van der Waals surface area contributed by atoms with Crippen molar-refractivity contribution in [2.75, 3.05) is 0 Å². The lowest BCUT2D eigenvalue weighted by Gasteiger charge is -2.10. The summed E-state index contributed by atoms with van der Waals surface area (Å²) in [6.07, 6.45) is 3.45. The highest BCUT2D eigenvalue weighted by molar-refractivity contribution is 7.98. The molecule has 4 nitrogen and oxygen atoms in total. The Bertz CT molecular complexity index is 1050. The molecule has 2 aromatic heterocycles. The number of rotatable bonds is 5. The van der Waals surface area contributed by atoms with Crippen LogP contribution in [0, 0.1) is 5.82 Å². The van der Waals surface area contributed by atoms with Crippen molar-refractivity contribution < 1.29 is 4.39 Å². The van der Waals surface area contributed by atoms with E-state index in [9.17, 15) is 4.39 Å². The Labute approximate surface area is 165 Å². The molecule has 2 aromatic carbocycles. The van der Waals surface area contributed by atoms with Crippen molar-refractivity contribution in [3.8, 4) is 17.1 Å². The maximum atomic E-state index is 13.3. The smallest absolute Gasteiger partial charge is 0.196 e. The molecule has 0 aliphatic carbocycles. The molecule has 0 fully saturated rings. The zero-order valence-corrected chi connectivity index (χ0v) is 15.7. The molecule has 0 aliphatic rings. The Kier molecular flexibility index (Phi) is 5.18. The first kappa shape index (κ1) is 17.7. The molecule has 0 bridgehead atoms. The minimum absolute atomic E-state index is 0.346. The largest absolute Gasteiger partial charge is 0.270 e. The van der Waals surface area contributed by atoms with Gasteiger partial charge in [-0.05, 0) is 42.0 Å². The second kappa shape index (κ2) is 7.90. The lowest BCUT2D eigenvalue weighted by atomic mass is 10.2. The molecule has 7 heteroatoms. The summed E-state index contributed by atoms with van der Waals surface area (Å²) in [5.74, 6) is 0.943. The van der Waals surface area contributed by atoms with Crippen molar-refractivity contribution in [1.29, 1.82) is 0 Å². The zero-order valence-electron chi connectivity index (χ0n) is 14.1. The van der Waals surface area contributed by atoms with E-state index in [-0.39, 0.29) is 5.82 Å². The molecule has 0 spiro atoms. The third-order valence-electron chi connectivity index (χ3n) is 3.96. The van der Waals surface area contributed by atoms with Gasteiger partial charge in [0.05, 0.1) is 0 Å². The van der Waals surface area contributed by atoms with Gasteiger partial charge >= 0.3 is 0 Å². The molecule has 0 saturated heterocycles. The average Bonchev–Trinajstić information content (AvgIpc) is 3.12. The molecule has 0 saturated carbocycles. The standard InChI is InChI=1S/C20H14ClFN4S/c21-18-12-16(22)7-6-15(18)13-27-20-25-24-19(14-8-10-23-11-9-14)26(20)17-4-2-1-3-5-17/h1-12H,13H2. The van der Waals surface area contributed by atoms with Crippen LogP contribution in [0.15, 0.2) is 78.2 Å². The Morgan fingerprint density at radius 3 is 2.48 bits per heavy atom. The van der Waals surface area contributed by atoms with Gasteiger partial charge in [-0.15, -0.1) is 10.2 Å². The number of nitrogens with zero attached hydrogens (tertiary/aromatic N) is 4. The zero-order chi connectivity index (χ0) is 18.6. The van der Waals surface area contributed by atoms with Crippen LogP contribution in [-0.2, 0) is 5.75 Å². The van der Waals surface area contributed by atoms with Crippen LogP contribution in [-0.4, -0.2) is 19.7 Å². The first-order chi connectivity index (χ1) is 13.2. The molecule has 27 heavy (non-hydrogen) atoms. The van der Waals surface area contributed by atoms with Gasteiger partial charge in [0.1, 0.15) is 5.82 Å². The van der Waals surface area contributed by atoms with Crippen molar-refractivity contribution in [2.45, 2.75) is 10.9 Å². The third-order valence-corrected chi connectivity index (χ3v) is 5.29. The summed E-state index contributed by atoms with van der Waals surface area (Å²) in [5, 5.41) is 9.89. The molecule has 0 radical (unpaired) electrons. The highest BCUT2D eigenvalue weighted by atomic mass is 35.5. The van der Waals surface area contributed by atoms with E-state index in [1.807, 2.05) is 47.0 Å². The van der Waals surface area contributed by atoms with E-state index in [2.05, 4.69) is 15.2 Å². The summed E-state index contributed by atoms with van der Waals surface area (Å²) in [4.78, 5) is 4.06. The Morgan fingerprint density at radius 1 is 0.963 bits per heavy atom. The Balaban J connectivity index is 1.71. The molecule has 4 rings (SSSR count). The van der Waals surface area contributed by atoms with Crippen LogP contribution in [0.5, 0.6) is 0 Å². The van der Waals surface area contributed by atoms with E-state index < -0.39 is 0 Å². The van der Waals surface area contributed by atoms with E-state index in [4.69, 9.17) is 11.6 Å². The maximum Gasteiger partial charge on any atom is 0.196 e. The monoisotopic (exact) mass is 396 g/mol. The number of para-hydroxylation sites is 1. The number of hydrogen-bond acceptors (Lipinski definition) is 4. The van der Waals surface area contributed by atoms with E-state index in [1.54, 1.807) is 18.5 Å². The molecule has 134 valence electrons. The van der Waals surface area contributed by atoms with Gasteiger partial charge in [0, 0.05) is 34.4 Å². The quantitative estimate of drug-likeness (QED) is 0.423. The van der Waals surface area contributed by atoms with Crippen molar-refractivity contribution in [3.63, 3.8) is 0 Å². The number of thioether (sulfide) groups is 1. The van der Waals surface area contributed by atoms with E-state index in [1.165, 1.54) is 23.9 Å². The van der Waals surface area contributed by atoms with Gasteiger partial charge in [0.15, 0.2) is 11.0 Å². The van der Waals surface area contributed by atoms with Gasteiger partial charge in [-0.3, -0.25) is 9.55 Å². The first-order valence-corrected chi connectivity index (χ1v) is 9.57. The molecule has 0 aliphatic heterocycles. The number of aromatic nitrogens is 4. The van der Waals surface area contributed by atoms with Crippen molar-refractivity contribution in [1.82, 2.24) is 19.7 Å². The van der Waals surface area contributed by atoms with Gasteiger partial charge in [0.2, 0.25) is 0 Å². The summed E-state index contributed by atoms with van der Waals surface area (Å²) in [7, 11) is 0. The van der Waals surface area contributed by atoms with Crippen LogP contribution in [0.2, 0.25) is 5.02 Å². The van der Waals surface area contributed by atoms with Crippen molar-refractivity contribution in [3.05, 3.63) is 89.5 Å². The van der Waals surface area contributed by atoms with Crippen LogP contribution in [0.3, 0.4) is 0 Å². The fourth-order valence-electron chi connectivity index (χ4n) is 2.64. The summed E-state index contributed by atoms with van der Waals surface area (Å²) >= 11 is 7.65. The van der Waals surface area contributed by atoms with Crippen molar-refractivity contribution >= 4 is 23.4 Å². The normalized spacial score (nSPS) is 10.9. The molecular formula is C20H14ClFN4S. The molecule has 0 N–H and O–H groups in total. The topological polar surface area (TPSA) is 43.6 Å². The van der Waals surface area contributed by atoms with Crippen LogP contribution in [0.25, 0.3) is 17.1 Å². The van der Waals surface area contributed by atoms with Crippen LogP contribution in [0.1, 0.15) is 5.56 Å². The summed E-state index contributed by atoms with van der Waals surface area (Å²) in [6, 6.07) is 18.1. The molecule has 0 atom stereocenters. The number of benzene rings is 2. The highest BCUT2D eigenvalue weighted by Crippen LogP contribution is 2.31. The van der Waals surface area contributed by atoms with Gasteiger partial charge in [-0.2, -0.15) is 0 Å². The SMILES string of the molecule is Fc1ccc(CSc2nnc(-c3ccncc3)n2-c2ccccc2)c(Cl)c1. The minimum Gasteiger partial charge on any atom is -0.270 e. The number of pyridine rings is 1. The fraction of sp³-hybridized carbons (Fsp3) is 0.0500. The van der Waals surface area contributed by atoms with Crippen LogP contribution >= 0.6 is 23.4 Å². The van der Waals surface area contributed by atoms with Crippen molar-refractivity contribution in [2.24, 2.45) is 0 Å². The highest BCUT2D eigenvalue weighted by Gasteiger charge is 2.16. The molecule has 0 amide bonds. The summed E-state index contributed by atoms with van der Waals surface area (Å²) in [5.41, 5.74) is 2.73.